The summed E-state index contributed by atoms with van der Waals surface area (Å²) < 4.78 is 4.56. The van der Waals surface area contributed by atoms with Crippen molar-refractivity contribution in [1.82, 2.24) is 9.97 Å². The van der Waals surface area contributed by atoms with Gasteiger partial charge in [0.15, 0.2) is 0 Å². The van der Waals surface area contributed by atoms with Gasteiger partial charge in [-0.05, 0) is 12.1 Å². The van der Waals surface area contributed by atoms with E-state index in [-0.39, 0.29) is 0 Å². The molecule has 2 aromatic carbocycles. The van der Waals surface area contributed by atoms with Crippen LogP contribution in [0.25, 0.3) is 11.0 Å². The fourth-order valence-electron chi connectivity index (χ4n) is 2.32. The van der Waals surface area contributed by atoms with Crippen LogP contribution in [0.5, 0.6) is 0 Å². The maximum atomic E-state index is 11.3. The maximum absolute atomic E-state index is 11.3. The summed E-state index contributed by atoms with van der Waals surface area (Å²) in [5, 5.41) is 6.64. The molecule has 1 heterocycles. The first-order valence-corrected chi connectivity index (χ1v) is 7.23. The van der Waals surface area contributed by atoms with Gasteiger partial charge in [-0.3, -0.25) is 5.32 Å². The van der Waals surface area contributed by atoms with Crippen LogP contribution < -0.4 is 5.32 Å². The van der Waals surface area contributed by atoms with Gasteiger partial charge in [-0.15, -0.1) is 0 Å². The molecule has 0 aliphatic rings. The molecule has 0 aliphatic carbocycles. The van der Waals surface area contributed by atoms with Crippen molar-refractivity contribution in [3.63, 3.8) is 0 Å². The molecule has 0 radical (unpaired) electrons. The molecule has 0 bridgehead atoms. The maximum Gasteiger partial charge on any atom is 0.413 e. The van der Waals surface area contributed by atoms with Crippen LogP contribution in [0.1, 0.15) is 11.1 Å². The zero-order valence-corrected chi connectivity index (χ0v) is 13.2. The molecule has 2 N–H and O–H groups in total. The largest absolute Gasteiger partial charge is 0.453 e. The van der Waals surface area contributed by atoms with Crippen molar-refractivity contribution in [3.8, 4) is 0 Å². The Morgan fingerprint density at radius 3 is 2.62 bits per heavy atom. The highest BCUT2D eigenvalue weighted by Crippen LogP contribution is 2.19. The number of fused-ring (bicyclic) bond motifs is 1. The van der Waals surface area contributed by atoms with Gasteiger partial charge in [0.25, 0.3) is 0 Å². The van der Waals surface area contributed by atoms with E-state index in [1.807, 2.05) is 48.5 Å². The van der Waals surface area contributed by atoms with Gasteiger partial charge >= 0.3 is 6.09 Å². The number of nitrogens with zero attached hydrogens (tertiary/aromatic N) is 2. The average Bonchev–Trinajstić information content (AvgIpc) is 3.01. The molecular formula is C17H16N4O3. The van der Waals surface area contributed by atoms with Crippen molar-refractivity contribution >= 4 is 28.8 Å². The van der Waals surface area contributed by atoms with Crippen molar-refractivity contribution in [2.24, 2.45) is 5.16 Å². The van der Waals surface area contributed by atoms with Gasteiger partial charge in [-0.2, -0.15) is 0 Å². The fraction of sp³-hybridized carbons (Fsp3) is 0.118. The minimum Gasteiger partial charge on any atom is -0.453 e. The molecule has 122 valence electrons. The van der Waals surface area contributed by atoms with Crippen LogP contribution in [0.3, 0.4) is 0 Å². The summed E-state index contributed by atoms with van der Waals surface area (Å²) in [4.78, 5) is 23.6. The number of ether oxygens (including phenoxy) is 1. The number of methoxy groups -OCH3 is 1. The molecular weight excluding hydrogens is 308 g/mol. The van der Waals surface area contributed by atoms with E-state index in [9.17, 15) is 4.79 Å². The predicted molar refractivity (Wildman–Crippen MR) is 91.2 cm³/mol. The standard InChI is InChI=1S/C17H16N4O3/c1-23-17(22)20-16-18-13-9-8-12(10-14(13)19-16)15(21-24-2)11-6-4-3-5-7-11/h3-10H,1-2H3,(H2,18,19,20,22). The van der Waals surface area contributed by atoms with Crippen LogP contribution in [0.2, 0.25) is 0 Å². The highest BCUT2D eigenvalue weighted by atomic mass is 16.6. The molecule has 7 nitrogen and oxygen atoms in total. The molecule has 0 spiro atoms. The van der Waals surface area contributed by atoms with Crippen LogP contribution >= 0.6 is 0 Å². The summed E-state index contributed by atoms with van der Waals surface area (Å²) in [7, 11) is 2.81. The predicted octanol–water partition coefficient (Wildman–Crippen LogP) is 3.14. The third-order valence-electron chi connectivity index (χ3n) is 3.39. The number of carbonyl (C=O) groups is 1. The first-order valence-electron chi connectivity index (χ1n) is 7.23. The van der Waals surface area contributed by atoms with Gasteiger partial charge < -0.3 is 14.6 Å². The molecule has 3 aromatic rings. The van der Waals surface area contributed by atoms with Gasteiger partial charge in [0.2, 0.25) is 5.95 Å². The summed E-state index contributed by atoms with van der Waals surface area (Å²) in [6.07, 6.45) is -0.583. The lowest BCUT2D eigenvalue weighted by Gasteiger charge is -2.06. The van der Waals surface area contributed by atoms with Crippen LogP contribution in [-0.4, -0.2) is 36.0 Å². The highest BCUT2D eigenvalue weighted by molar-refractivity contribution is 6.13. The second kappa shape index (κ2) is 6.82. The Hall–Kier alpha value is -3.35. The molecule has 0 saturated heterocycles. The Morgan fingerprint density at radius 1 is 1.12 bits per heavy atom. The zero-order valence-electron chi connectivity index (χ0n) is 13.2. The lowest BCUT2D eigenvalue weighted by molar-refractivity contribution is 0.186. The summed E-state index contributed by atoms with van der Waals surface area (Å²) in [6, 6.07) is 15.4. The highest BCUT2D eigenvalue weighted by Gasteiger charge is 2.11. The third-order valence-corrected chi connectivity index (χ3v) is 3.39. The van der Waals surface area contributed by atoms with Crippen molar-refractivity contribution in [2.45, 2.75) is 0 Å². The lowest BCUT2D eigenvalue weighted by atomic mass is 10.0. The van der Waals surface area contributed by atoms with E-state index >= 15 is 0 Å². The number of amides is 1. The van der Waals surface area contributed by atoms with Crippen molar-refractivity contribution < 1.29 is 14.4 Å². The average molecular weight is 324 g/mol. The second-order valence-electron chi connectivity index (χ2n) is 4.92. The van der Waals surface area contributed by atoms with Crippen molar-refractivity contribution in [1.29, 1.82) is 0 Å². The van der Waals surface area contributed by atoms with E-state index in [0.717, 1.165) is 22.2 Å². The fourth-order valence-corrected chi connectivity index (χ4v) is 2.32. The summed E-state index contributed by atoms with van der Waals surface area (Å²) in [5.74, 6) is 0.318. The minimum atomic E-state index is -0.583. The molecule has 7 heteroatoms. The van der Waals surface area contributed by atoms with Crippen LogP contribution in [0.4, 0.5) is 10.7 Å². The summed E-state index contributed by atoms with van der Waals surface area (Å²) >= 11 is 0. The smallest absolute Gasteiger partial charge is 0.413 e. The van der Waals surface area contributed by atoms with E-state index in [2.05, 4.69) is 25.2 Å². The van der Waals surface area contributed by atoms with E-state index in [1.165, 1.54) is 14.2 Å². The number of nitrogens with one attached hydrogen (secondary N) is 2. The lowest BCUT2D eigenvalue weighted by Crippen LogP contribution is -2.11. The van der Waals surface area contributed by atoms with Crippen LogP contribution in [0, 0.1) is 0 Å². The number of hydrogen-bond donors (Lipinski definition) is 2. The van der Waals surface area contributed by atoms with Gasteiger partial charge in [0, 0.05) is 11.1 Å². The number of benzene rings is 2. The monoisotopic (exact) mass is 324 g/mol. The van der Waals surface area contributed by atoms with Gasteiger partial charge in [-0.25, -0.2) is 9.78 Å². The van der Waals surface area contributed by atoms with Gasteiger partial charge in [0.05, 0.1) is 18.1 Å². The normalized spacial score (nSPS) is 11.3. The number of H-pyrrole nitrogens is 1. The number of aromatic nitrogens is 2. The number of oxime groups is 1. The van der Waals surface area contributed by atoms with Crippen molar-refractivity contribution in [2.75, 3.05) is 19.5 Å². The molecule has 1 amide bonds. The van der Waals surface area contributed by atoms with E-state index in [1.54, 1.807) is 0 Å². The van der Waals surface area contributed by atoms with Crippen molar-refractivity contribution in [3.05, 3.63) is 59.7 Å². The number of imidazole rings is 1. The Bertz CT molecular complexity index is 887. The number of carbonyl (C=O) groups excluding carboxylic acids is 1. The number of aromatic amines is 1. The SMILES string of the molecule is CON=C(c1ccccc1)c1ccc2nc(NC(=O)OC)[nH]c2c1. The van der Waals surface area contributed by atoms with Gasteiger partial charge in [-0.1, -0.05) is 41.6 Å². The third kappa shape index (κ3) is 3.19. The Morgan fingerprint density at radius 2 is 1.92 bits per heavy atom. The molecule has 0 aliphatic heterocycles. The quantitative estimate of drug-likeness (QED) is 0.570. The van der Waals surface area contributed by atoms with Crippen LogP contribution in [-0.2, 0) is 9.57 Å². The van der Waals surface area contributed by atoms with E-state index in [0.29, 0.717) is 11.7 Å². The van der Waals surface area contributed by atoms with Crippen LogP contribution in [0.15, 0.2) is 53.7 Å². The molecule has 3 rings (SSSR count). The number of hydrogen-bond acceptors (Lipinski definition) is 5. The van der Waals surface area contributed by atoms with E-state index in [4.69, 9.17) is 4.84 Å². The summed E-state index contributed by atoms with van der Waals surface area (Å²) in [5.41, 5.74) is 3.99. The molecule has 0 atom stereocenters. The molecule has 0 saturated carbocycles. The first kappa shape index (κ1) is 15.5. The summed E-state index contributed by atoms with van der Waals surface area (Å²) in [6.45, 7) is 0. The molecule has 0 fully saturated rings. The minimum absolute atomic E-state index is 0.318. The molecule has 0 unspecified atom stereocenters. The molecule has 24 heavy (non-hydrogen) atoms. The van der Waals surface area contributed by atoms with E-state index < -0.39 is 6.09 Å². The Balaban J connectivity index is 1.99. The Labute approximate surface area is 138 Å². The topological polar surface area (TPSA) is 88.6 Å². The number of anilines is 1. The van der Waals surface area contributed by atoms with Gasteiger partial charge in [0.1, 0.15) is 12.8 Å². The number of rotatable bonds is 4. The molecule has 1 aromatic heterocycles. The zero-order chi connectivity index (χ0) is 16.9. The first-order chi connectivity index (χ1) is 11.7. The Kier molecular flexibility index (Phi) is 4.42. The second-order valence-corrected chi connectivity index (χ2v) is 4.92.